The van der Waals surface area contributed by atoms with E-state index in [1.807, 2.05) is 0 Å². The molecule has 0 fully saturated rings. The Morgan fingerprint density at radius 2 is 1.00 bits per heavy atom. The summed E-state index contributed by atoms with van der Waals surface area (Å²) in [6.07, 6.45) is 0. The van der Waals surface area contributed by atoms with Crippen LogP contribution in [0.1, 0.15) is 0 Å². The average Bonchev–Trinajstić information content (AvgIpc) is 0. The van der Waals surface area contributed by atoms with Crippen LogP contribution in [0.25, 0.3) is 0 Å². The molecule has 0 aromatic rings. The second kappa shape index (κ2) is 44.0. The van der Waals surface area contributed by atoms with Crippen molar-refractivity contribution in [3.63, 3.8) is 0 Å². The molecule has 0 saturated carbocycles. The first kappa shape index (κ1) is 58.1. The fourth-order valence-electron chi connectivity index (χ4n) is 0. The Kier molecular flexibility index (Phi) is 365. The Morgan fingerprint density at radius 3 is 1.00 bits per heavy atom. The minimum atomic E-state index is 0. The quantitative estimate of drug-likeness (QED) is 0.277. The maximum absolute atomic E-state index is 0. The molecule has 0 unspecified atom stereocenters. The van der Waals surface area contributed by atoms with Crippen molar-refractivity contribution in [2.45, 2.75) is 0 Å². The maximum atomic E-state index is 0. The molecule has 5 radical (unpaired) electrons. The van der Waals surface area contributed by atoms with Crippen molar-refractivity contribution in [1.29, 1.82) is 0 Å². The van der Waals surface area contributed by atoms with Gasteiger partial charge in [-0.15, -0.1) is 0 Å². The van der Waals surface area contributed by atoms with Gasteiger partial charge in [0.25, 0.3) is 0 Å². The van der Waals surface area contributed by atoms with Crippen molar-refractivity contribution in [2.24, 2.45) is 0 Å². The first-order valence-corrected chi connectivity index (χ1v) is 0. The standard InChI is InChI=1S/Ag.Au.Cu.Fe.Hg.Pb.Zn.2H. The van der Waals surface area contributed by atoms with Crippen LogP contribution in [0.4, 0.5) is 0 Å². The topological polar surface area (TPSA) is 0 Å². The van der Waals surface area contributed by atoms with Gasteiger partial charge in [-0.1, -0.05) is 0 Å². The number of rotatable bonds is 0. The molecule has 0 amide bonds. The molecule has 0 aromatic carbocycles. The minimum absolute atomic E-state index is 0. The van der Waals surface area contributed by atoms with Gasteiger partial charge in [0.05, 0.1) is 0 Å². The van der Waals surface area contributed by atoms with Crippen LogP contribution >= 0.6 is 0 Å². The van der Waals surface area contributed by atoms with Crippen LogP contribution in [0, 0.1) is 0 Å². The first-order valence-electron chi connectivity index (χ1n) is 0. The molecule has 0 aliphatic heterocycles. The van der Waals surface area contributed by atoms with Crippen molar-refractivity contribution in [3.8, 4) is 0 Å². The molecule has 0 saturated heterocycles. The van der Waals surface area contributed by atoms with Gasteiger partial charge >= 0.3 is 27.3 Å². The summed E-state index contributed by atoms with van der Waals surface area (Å²) in [5.41, 5.74) is 0. The van der Waals surface area contributed by atoms with E-state index < -0.39 is 0 Å². The van der Waals surface area contributed by atoms with Gasteiger partial charge in [-0.05, 0) is 0 Å². The van der Waals surface area contributed by atoms with E-state index in [4.69, 9.17) is 0 Å². The van der Waals surface area contributed by atoms with E-state index in [0.717, 1.165) is 0 Å². The normalized spacial score (nSPS) is 0. The summed E-state index contributed by atoms with van der Waals surface area (Å²) >= 11 is 0. The largest absolute Gasteiger partial charge is 0 e. The summed E-state index contributed by atoms with van der Waals surface area (Å²) in [5.74, 6) is 0. The molecule has 0 heterocycles. The first-order chi connectivity index (χ1) is 0. The Morgan fingerprint density at radius 1 is 1.00 bits per heavy atom. The Hall–Kier alpha value is 5.00. The second-order valence-corrected chi connectivity index (χ2v) is 0. The van der Waals surface area contributed by atoms with E-state index in [1.54, 1.807) is 0 Å². The molecule has 0 rings (SSSR count). The molecular weight excluding hydrogens is 897 g/mol. The summed E-state index contributed by atoms with van der Waals surface area (Å²) in [7, 11) is 0. The molecule has 7 heteroatoms. The fraction of sp³-hybridized carbons (Fsp3) is 0. The van der Waals surface area contributed by atoms with E-state index in [1.165, 1.54) is 0 Å². The molecule has 51 valence electrons. The van der Waals surface area contributed by atoms with Crippen molar-refractivity contribution in [2.75, 3.05) is 0 Å². The van der Waals surface area contributed by atoms with Gasteiger partial charge < -0.3 is 0 Å². The van der Waals surface area contributed by atoms with Crippen LogP contribution in [-0.4, -0.2) is 27.3 Å². The summed E-state index contributed by atoms with van der Waals surface area (Å²) in [6.45, 7) is 0. The van der Waals surface area contributed by atoms with Gasteiger partial charge in [-0.2, -0.15) is 0 Å². The van der Waals surface area contributed by atoms with E-state index in [-0.39, 0.29) is 153 Å². The van der Waals surface area contributed by atoms with E-state index in [2.05, 4.69) is 0 Å². The van der Waals surface area contributed by atoms with Crippen LogP contribution in [0.2, 0.25) is 0 Å². The summed E-state index contributed by atoms with van der Waals surface area (Å²) in [5, 5.41) is 0. The van der Waals surface area contributed by atoms with Gasteiger partial charge in [0.1, 0.15) is 0 Å². The molecule has 0 N–H and O–H groups in total. The summed E-state index contributed by atoms with van der Waals surface area (Å²) < 4.78 is 0. The number of hydrogen-bond acceptors (Lipinski definition) is 0. The Balaban J connectivity index is 0. The van der Waals surface area contributed by atoms with Crippen molar-refractivity contribution >= 4 is 27.3 Å². The third-order valence-corrected chi connectivity index (χ3v) is 0. The Bertz CT molecular complexity index is 19.7. The van der Waals surface area contributed by atoms with Crippen LogP contribution in [0.5, 0.6) is 0 Å². The predicted octanol–water partition coefficient (Wildman–Crippen LogP) is -0.931. The SMILES string of the molecule is [Ag].[Au].[Cu].[Fe].[Hg].[PbH2].[Zn]. The summed E-state index contributed by atoms with van der Waals surface area (Å²) in [6, 6.07) is 0. The zero-order valence-corrected chi connectivity index (χ0v) is 23.0. The zero-order chi connectivity index (χ0) is 0. The van der Waals surface area contributed by atoms with Crippen LogP contribution < -0.4 is 0 Å². The van der Waals surface area contributed by atoms with Crippen molar-refractivity contribution in [1.82, 2.24) is 0 Å². The van der Waals surface area contributed by atoms with E-state index in [0.29, 0.717) is 0 Å². The maximum Gasteiger partial charge on any atom is 0 e. The van der Waals surface area contributed by atoms with E-state index >= 15 is 0 Å². The van der Waals surface area contributed by atoms with Gasteiger partial charge in [0.15, 0.2) is 0 Å². The smallest absolute Gasteiger partial charge is 0 e. The van der Waals surface area contributed by atoms with Crippen molar-refractivity contribution in [3.05, 3.63) is 0 Å². The number of hydrogen-bond donors (Lipinski definition) is 0. The monoisotopic (exact) mass is 899 g/mol. The van der Waals surface area contributed by atoms with Gasteiger partial charge in [-0.3, -0.25) is 0 Å². The average molecular weight is 899 g/mol. The van der Waals surface area contributed by atoms with Gasteiger partial charge in [-0.25, -0.2) is 0 Å². The van der Waals surface area contributed by atoms with Crippen LogP contribution in [0.15, 0.2) is 0 Å². The molecule has 0 atom stereocenters. The Labute approximate surface area is 150 Å². The summed E-state index contributed by atoms with van der Waals surface area (Å²) in [4.78, 5) is 0. The minimum Gasteiger partial charge on any atom is 0 e. The third kappa shape index (κ3) is 35.6. The third-order valence-electron chi connectivity index (χ3n) is 0. The zero-order valence-electron chi connectivity index (χ0n) is 3.38. The van der Waals surface area contributed by atoms with Gasteiger partial charge in [0, 0.05) is 126 Å². The van der Waals surface area contributed by atoms with E-state index in [9.17, 15) is 0 Å². The fourth-order valence-corrected chi connectivity index (χ4v) is 0. The predicted molar refractivity (Wildman–Crippen MR) is 8.54 cm³/mol. The molecule has 0 aliphatic rings. The molecule has 0 bridgehead atoms. The molecular formula is H2AgAuCuFeHgPbZn. The second-order valence-electron chi connectivity index (χ2n) is 0. The molecule has 0 spiro atoms. The van der Waals surface area contributed by atoms with Crippen LogP contribution in [-0.2, 0) is 126 Å². The molecule has 0 nitrogen and oxygen atoms in total. The molecule has 0 aromatic heterocycles. The van der Waals surface area contributed by atoms with Crippen LogP contribution in [0.3, 0.4) is 0 Å². The van der Waals surface area contributed by atoms with Crippen molar-refractivity contribution < 1.29 is 126 Å². The molecule has 7 heavy (non-hydrogen) atoms. The van der Waals surface area contributed by atoms with Gasteiger partial charge in [0.2, 0.25) is 0 Å². The molecule has 0 aliphatic carbocycles.